The van der Waals surface area contributed by atoms with Crippen LogP contribution in [0.2, 0.25) is 0 Å². The topological polar surface area (TPSA) is 101 Å². The third-order valence-corrected chi connectivity index (χ3v) is 4.80. The Morgan fingerprint density at radius 2 is 1.87 bits per heavy atom. The van der Waals surface area contributed by atoms with Crippen LogP contribution in [-0.2, 0) is 14.3 Å². The van der Waals surface area contributed by atoms with Crippen LogP contribution in [-0.4, -0.2) is 26.3 Å². The molecule has 2 heterocycles. The van der Waals surface area contributed by atoms with Gasteiger partial charge in [-0.1, -0.05) is 24.3 Å². The second-order valence-electron chi connectivity index (χ2n) is 6.62. The van der Waals surface area contributed by atoms with E-state index in [1.165, 1.54) is 31.4 Å². The summed E-state index contributed by atoms with van der Waals surface area (Å²) in [6, 6.07) is 12.2. The maximum atomic E-state index is 13.5. The molecule has 2 aromatic carbocycles. The zero-order chi connectivity index (χ0) is 21.3. The minimum Gasteiger partial charge on any atom is -0.460 e. The third kappa shape index (κ3) is 3.42. The van der Waals surface area contributed by atoms with Crippen molar-refractivity contribution in [1.29, 1.82) is 0 Å². The highest BCUT2D eigenvalue weighted by molar-refractivity contribution is 5.94. The van der Waals surface area contributed by atoms with E-state index in [0.29, 0.717) is 16.5 Å². The van der Waals surface area contributed by atoms with Gasteiger partial charge in [0.05, 0.1) is 23.5 Å². The summed E-state index contributed by atoms with van der Waals surface area (Å²) < 4.78 is 34.8. The molecule has 3 aromatic rings. The number of ether oxygens (including phenoxy) is 3. The van der Waals surface area contributed by atoms with Gasteiger partial charge in [-0.3, -0.25) is 0 Å². The quantitative estimate of drug-likeness (QED) is 0.391. The number of esters is 1. The molecule has 154 valence electrons. The van der Waals surface area contributed by atoms with Crippen molar-refractivity contribution < 1.29 is 27.8 Å². The predicted octanol–water partition coefficient (Wildman–Crippen LogP) is 2.82. The Morgan fingerprint density at radius 3 is 2.60 bits per heavy atom. The fraction of sp³-hybridized carbons (Fsp3) is 0.182. The van der Waals surface area contributed by atoms with Crippen LogP contribution in [0.4, 0.5) is 4.39 Å². The number of halogens is 1. The number of hydrogen-bond acceptors (Lipinski definition) is 7. The Labute approximate surface area is 170 Å². The molecule has 0 spiro atoms. The molecule has 0 saturated heterocycles. The molecule has 4 rings (SSSR count). The smallest absolute Gasteiger partial charge is 0.344 e. The number of hydrogen-bond donors (Lipinski definition) is 1. The number of rotatable bonds is 5. The maximum absolute atomic E-state index is 13.5. The predicted molar refractivity (Wildman–Crippen MR) is 105 cm³/mol. The first-order valence-electron chi connectivity index (χ1n) is 9.16. The van der Waals surface area contributed by atoms with Crippen molar-refractivity contribution in [3.63, 3.8) is 0 Å². The Kier molecular flexibility index (Phi) is 5.24. The molecule has 0 radical (unpaired) electrons. The van der Waals surface area contributed by atoms with Crippen LogP contribution in [0.25, 0.3) is 11.0 Å². The van der Waals surface area contributed by atoms with Gasteiger partial charge < -0.3 is 24.4 Å². The van der Waals surface area contributed by atoms with Crippen LogP contribution >= 0.6 is 0 Å². The zero-order valence-electron chi connectivity index (χ0n) is 16.0. The normalized spacial score (nSPS) is 15.6. The first-order valence-corrected chi connectivity index (χ1v) is 9.16. The molecule has 8 heteroatoms. The minimum absolute atomic E-state index is 0.0125. The zero-order valence-corrected chi connectivity index (χ0v) is 16.0. The molecule has 2 N–H and O–H groups in total. The summed E-state index contributed by atoms with van der Waals surface area (Å²) in [5.74, 6) is -2.18. The number of fused-ring (bicyclic) bond motifs is 3. The number of carbonyl (C=O) groups excluding carboxylic acids is 1. The standard InChI is InChI=1S/C22H18FNO6/c1-27-10-11-28-21(25)18-16(12-6-8-13(23)9-7-12)17-19(30-20(18)24)14-4-2-3-5-15(14)29-22(17)26/h2-9,16H,10-11,24H2,1H3/t16-/m0/s1. The second kappa shape index (κ2) is 8.00. The van der Waals surface area contributed by atoms with Crippen LogP contribution in [0.5, 0.6) is 5.75 Å². The van der Waals surface area contributed by atoms with Gasteiger partial charge in [0, 0.05) is 7.11 Å². The highest BCUT2D eigenvalue weighted by Gasteiger charge is 2.39. The van der Waals surface area contributed by atoms with Gasteiger partial charge in [0.15, 0.2) is 5.75 Å². The van der Waals surface area contributed by atoms with Gasteiger partial charge in [-0.25, -0.2) is 14.0 Å². The molecule has 0 saturated carbocycles. The monoisotopic (exact) mass is 411 g/mol. The van der Waals surface area contributed by atoms with E-state index in [1.807, 2.05) is 0 Å². The molecule has 0 fully saturated rings. The molecule has 7 nitrogen and oxygen atoms in total. The van der Waals surface area contributed by atoms with E-state index in [-0.39, 0.29) is 36.0 Å². The molecule has 0 bridgehead atoms. The first-order chi connectivity index (χ1) is 14.5. The SMILES string of the molecule is COCCOC(=O)C1=C(N)Oc2c(c(=O)oc3ccccc23)[C@@H]1c1ccc(F)cc1. The lowest BCUT2D eigenvalue weighted by atomic mass is 9.83. The molecule has 1 aliphatic rings. The molecule has 0 aliphatic carbocycles. The second-order valence-corrected chi connectivity index (χ2v) is 6.62. The van der Waals surface area contributed by atoms with Crippen molar-refractivity contribution in [3.8, 4) is 5.75 Å². The summed E-state index contributed by atoms with van der Waals surface area (Å²) in [4.78, 5) is 25.7. The summed E-state index contributed by atoms with van der Waals surface area (Å²) in [6.45, 7) is 0.172. The van der Waals surface area contributed by atoms with E-state index < -0.39 is 23.3 Å². The fourth-order valence-electron chi connectivity index (χ4n) is 3.45. The Balaban J connectivity index is 1.93. The van der Waals surface area contributed by atoms with E-state index in [4.69, 9.17) is 24.4 Å². The molecule has 0 amide bonds. The van der Waals surface area contributed by atoms with E-state index in [2.05, 4.69) is 0 Å². The largest absolute Gasteiger partial charge is 0.460 e. The summed E-state index contributed by atoms with van der Waals surface area (Å²) in [7, 11) is 1.47. The average Bonchev–Trinajstić information content (AvgIpc) is 2.73. The highest BCUT2D eigenvalue weighted by Crippen LogP contribution is 2.44. The van der Waals surface area contributed by atoms with Crippen LogP contribution in [0.3, 0.4) is 0 Å². The van der Waals surface area contributed by atoms with Crippen molar-refractivity contribution in [1.82, 2.24) is 0 Å². The number of nitrogens with two attached hydrogens (primary N) is 1. The van der Waals surface area contributed by atoms with E-state index >= 15 is 0 Å². The lowest BCUT2D eigenvalue weighted by Gasteiger charge is -2.28. The summed E-state index contributed by atoms with van der Waals surface area (Å²) in [5.41, 5.74) is 6.24. The molecule has 1 atom stereocenters. The van der Waals surface area contributed by atoms with Crippen molar-refractivity contribution >= 4 is 16.9 Å². The number of para-hydroxylation sites is 1. The Bertz CT molecular complexity index is 1200. The van der Waals surface area contributed by atoms with Crippen molar-refractivity contribution in [2.75, 3.05) is 20.3 Å². The van der Waals surface area contributed by atoms with E-state index in [9.17, 15) is 14.0 Å². The molecular weight excluding hydrogens is 393 g/mol. The van der Waals surface area contributed by atoms with Crippen LogP contribution in [0.15, 0.2) is 69.2 Å². The first kappa shape index (κ1) is 19.7. The lowest BCUT2D eigenvalue weighted by molar-refractivity contribution is -0.140. The van der Waals surface area contributed by atoms with Crippen molar-refractivity contribution in [2.45, 2.75) is 5.92 Å². The molecule has 0 unspecified atom stereocenters. The van der Waals surface area contributed by atoms with Crippen molar-refractivity contribution in [2.24, 2.45) is 5.73 Å². The summed E-state index contributed by atoms with van der Waals surface area (Å²) in [6.07, 6.45) is 0. The molecule has 30 heavy (non-hydrogen) atoms. The van der Waals surface area contributed by atoms with Gasteiger partial charge in [0.25, 0.3) is 0 Å². The van der Waals surface area contributed by atoms with Gasteiger partial charge in [0.1, 0.15) is 23.6 Å². The summed E-state index contributed by atoms with van der Waals surface area (Å²) in [5, 5.41) is 0.522. The van der Waals surface area contributed by atoms with Crippen LogP contribution in [0, 0.1) is 5.82 Å². The van der Waals surface area contributed by atoms with Gasteiger partial charge >= 0.3 is 11.6 Å². The van der Waals surface area contributed by atoms with Gasteiger partial charge in [0.2, 0.25) is 5.88 Å². The average molecular weight is 411 g/mol. The van der Waals surface area contributed by atoms with E-state index in [0.717, 1.165) is 0 Å². The minimum atomic E-state index is -0.953. The fourth-order valence-corrected chi connectivity index (χ4v) is 3.45. The number of methoxy groups -OCH3 is 1. The molecule has 1 aromatic heterocycles. The van der Waals surface area contributed by atoms with Gasteiger partial charge in [-0.15, -0.1) is 0 Å². The maximum Gasteiger partial charge on any atom is 0.344 e. The van der Waals surface area contributed by atoms with Crippen LogP contribution in [0.1, 0.15) is 17.0 Å². The number of carbonyl (C=O) groups is 1. The van der Waals surface area contributed by atoms with Crippen molar-refractivity contribution in [3.05, 3.63) is 87.4 Å². The lowest BCUT2D eigenvalue weighted by Crippen LogP contribution is -2.31. The molecule has 1 aliphatic heterocycles. The van der Waals surface area contributed by atoms with Gasteiger partial charge in [-0.2, -0.15) is 0 Å². The summed E-state index contributed by atoms with van der Waals surface area (Å²) >= 11 is 0. The van der Waals surface area contributed by atoms with Gasteiger partial charge in [-0.05, 0) is 29.8 Å². The Morgan fingerprint density at radius 1 is 1.13 bits per heavy atom. The van der Waals surface area contributed by atoms with Crippen LogP contribution < -0.4 is 16.1 Å². The number of benzene rings is 2. The third-order valence-electron chi connectivity index (χ3n) is 4.80. The van der Waals surface area contributed by atoms with E-state index in [1.54, 1.807) is 24.3 Å². The molecular formula is C22H18FNO6. The highest BCUT2D eigenvalue weighted by atomic mass is 19.1. The Hall–Kier alpha value is -3.65.